The summed E-state index contributed by atoms with van der Waals surface area (Å²) in [5.41, 5.74) is 3.60. The van der Waals surface area contributed by atoms with Crippen LogP contribution in [-0.4, -0.2) is 36.5 Å². The van der Waals surface area contributed by atoms with Gasteiger partial charge in [0.25, 0.3) is 5.56 Å². The number of nitrogens with zero attached hydrogens (tertiary/aromatic N) is 5. The Labute approximate surface area is 183 Å². The van der Waals surface area contributed by atoms with E-state index in [1.54, 1.807) is 35.8 Å². The minimum Gasteiger partial charge on any atom is -0.336 e. The van der Waals surface area contributed by atoms with Crippen LogP contribution in [-0.2, 0) is 24.3 Å². The maximum absolute atomic E-state index is 13.1. The Hall–Kier alpha value is -3.45. The summed E-state index contributed by atoms with van der Waals surface area (Å²) < 4.78 is 2.99. The fourth-order valence-electron chi connectivity index (χ4n) is 3.96. The number of carbonyl (C=O) groups excluding carboxylic acids is 1. The molecule has 2 aromatic carbocycles. The topological polar surface area (TPSA) is 72.5 Å². The average Bonchev–Trinajstić information content (AvgIpc) is 3.22. The molecule has 0 spiro atoms. The normalized spacial score (nSPS) is 13.4. The summed E-state index contributed by atoms with van der Waals surface area (Å²) in [7, 11) is 0. The number of hydrogen-bond donors (Lipinski definition) is 0. The van der Waals surface area contributed by atoms with Crippen LogP contribution in [0.25, 0.3) is 17.2 Å². The van der Waals surface area contributed by atoms with Gasteiger partial charge < -0.3 is 9.47 Å². The number of rotatable bonds is 3. The van der Waals surface area contributed by atoms with Crippen molar-refractivity contribution in [2.75, 3.05) is 6.54 Å². The Morgan fingerprint density at radius 3 is 2.61 bits per heavy atom. The first kappa shape index (κ1) is 19.5. The van der Waals surface area contributed by atoms with E-state index in [4.69, 9.17) is 11.6 Å². The lowest BCUT2D eigenvalue weighted by Gasteiger charge is -2.29. The van der Waals surface area contributed by atoms with Crippen molar-refractivity contribution >= 4 is 23.3 Å². The van der Waals surface area contributed by atoms with Crippen LogP contribution >= 0.6 is 11.6 Å². The molecule has 0 saturated carbocycles. The van der Waals surface area contributed by atoms with Gasteiger partial charge in [-0.05, 0) is 48.7 Å². The molecule has 0 bridgehead atoms. The lowest BCUT2D eigenvalue weighted by molar-refractivity contribution is -0.132. The van der Waals surface area contributed by atoms with Gasteiger partial charge in [-0.15, -0.1) is 5.10 Å². The summed E-state index contributed by atoms with van der Waals surface area (Å²) in [6.07, 6.45) is 0.839. The maximum atomic E-state index is 13.1. The average molecular weight is 434 g/mol. The van der Waals surface area contributed by atoms with Crippen LogP contribution in [0.2, 0.25) is 5.02 Å². The van der Waals surface area contributed by atoms with E-state index in [0.29, 0.717) is 35.4 Å². The molecule has 2 aromatic heterocycles. The SMILES string of the molecule is Cc1cc(=O)n2nc(-c3ccc(Cl)cc3)nc2n1CC(=O)N1CCc2ccccc2C1. The van der Waals surface area contributed by atoms with E-state index < -0.39 is 0 Å². The molecule has 8 heteroatoms. The van der Waals surface area contributed by atoms with Gasteiger partial charge in [0.05, 0.1) is 0 Å². The molecule has 0 atom stereocenters. The van der Waals surface area contributed by atoms with Gasteiger partial charge in [0.2, 0.25) is 11.7 Å². The quantitative estimate of drug-likeness (QED) is 0.497. The zero-order valence-corrected chi connectivity index (χ0v) is 17.7. The number of fused-ring (bicyclic) bond motifs is 2. The zero-order chi connectivity index (χ0) is 21.5. The van der Waals surface area contributed by atoms with Crippen LogP contribution in [0.3, 0.4) is 0 Å². The lowest BCUT2D eigenvalue weighted by atomic mass is 10.00. The Kier molecular flexibility index (Phi) is 4.82. The molecule has 1 aliphatic heterocycles. The number of aryl methyl sites for hydroxylation is 1. The zero-order valence-electron chi connectivity index (χ0n) is 17.0. The van der Waals surface area contributed by atoms with Gasteiger partial charge in [-0.3, -0.25) is 9.59 Å². The van der Waals surface area contributed by atoms with Gasteiger partial charge in [-0.2, -0.15) is 9.50 Å². The predicted octanol–water partition coefficient (Wildman–Crippen LogP) is 3.10. The van der Waals surface area contributed by atoms with Gasteiger partial charge in [-0.25, -0.2) is 0 Å². The highest BCUT2D eigenvalue weighted by atomic mass is 35.5. The molecule has 1 amide bonds. The van der Waals surface area contributed by atoms with E-state index in [1.165, 1.54) is 21.7 Å². The molecular formula is C23H20ClN5O2. The van der Waals surface area contributed by atoms with E-state index in [0.717, 1.165) is 12.0 Å². The van der Waals surface area contributed by atoms with Crippen LogP contribution in [0.1, 0.15) is 16.8 Å². The third-order valence-corrected chi connectivity index (χ3v) is 5.93. The van der Waals surface area contributed by atoms with Crippen LogP contribution in [0, 0.1) is 6.92 Å². The minimum atomic E-state index is -0.282. The van der Waals surface area contributed by atoms with Gasteiger partial charge in [-0.1, -0.05) is 35.9 Å². The smallest absolute Gasteiger partial charge is 0.275 e. The molecule has 0 saturated heterocycles. The van der Waals surface area contributed by atoms with Crippen molar-refractivity contribution in [3.8, 4) is 11.4 Å². The largest absolute Gasteiger partial charge is 0.336 e. The van der Waals surface area contributed by atoms with Crippen molar-refractivity contribution in [3.05, 3.63) is 86.8 Å². The van der Waals surface area contributed by atoms with Crippen LogP contribution in [0.4, 0.5) is 0 Å². The monoisotopic (exact) mass is 433 g/mol. The Balaban J connectivity index is 1.49. The molecule has 0 aliphatic carbocycles. The summed E-state index contributed by atoms with van der Waals surface area (Å²) in [6, 6.07) is 16.8. The van der Waals surface area contributed by atoms with Crippen molar-refractivity contribution in [1.29, 1.82) is 0 Å². The maximum Gasteiger partial charge on any atom is 0.275 e. The van der Waals surface area contributed by atoms with E-state index in [-0.39, 0.29) is 18.0 Å². The molecule has 0 fully saturated rings. The highest BCUT2D eigenvalue weighted by Gasteiger charge is 2.22. The van der Waals surface area contributed by atoms with E-state index >= 15 is 0 Å². The molecule has 3 heterocycles. The Morgan fingerprint density at radius 1 is 1.10 bits per heavy atom. The van der Waals surface area contributed by atoms with Gasteiger partial charge >= 0.3 is 0 Å². The highest BCUT2D eigenvalue weighted by Crippen LogP contribution is 2.21. The Morgan fingerprint density at radius 2 is 1.84 bits per heavy atom. The van der Waals surface area contributed by atoms with E-state index in [9.17, 15) is 9.59 Å². The molecule has 4 aromatic rings. The van der Waals surface area contributed by atoms with E-state index in [1.807, 2.05) is 17.0 Å². The molecule has 156 valence electrons. The molecule has 0 radical (unpaired) electrons. The summed E-state index contributed by atoms with van der Waals surface area (Å²) in [4.78, 5) is 32.1. The van der Waals surface area contributed by atoms with Gasteiger partial charge in [0.1, 0.15) is 6.54 Å². The fraction of sp³-hybridized carbons (Fsp3) is 0.217. The molecule has 1 aliphatic rings. The number of benzene rings is 2. The van der Waals surface area contributed by atoms with E-state index in [2.05, 4.69) is 22.2 Å². The van der Waals surface area contributed by atoms with Gasteiger partial charge in [0.15, 0.2) is 5.82 Å². The lowest BCUT2D eigenvalue weighted by Crippen LogP contribution is -2.38. The summed E-state index contributed by atoms with van der Waals surface area (Å²) in [5, 5.41) is 4.98. The Bertz CT molecular complexity index is 1360. The van der Waals surface area contributed by atoms with Crippen LogP contribution < -0.4 is 5.56 Å². The van der Waals surface area contributed by atoms with Crippen molar-refractivity contribution < 1.29 is 4.79 Å². The molecular weight excluding hydrogens is 414 g/mol. The van der Waals surface area contributed by atoms with Crippen molar-refractivity contribution in [2.24, 2.45) is 0 Å². The summed E-state index contributed by atoms with van der Waals surface area (Å²) in [6.45, 7) is 3.16. The fourth-order valence-corrected chi connectivity index (χ4v) is 4.09. The minimum absolute atomic E-state index is 0.0146. The second-order valence-electron chi connectivity index (χ2n) is 7.70. The van der Waals surface area contributed by atoms with Crippen molar-refractivity contribution in [3.63, 3.8) is 0 Å². The number of carbonyl (C=O) groups is 1. The molecule has 5 rings (SSSR count). The molecule has 0 unspecified atom stereocenters. The van der Waals surface area contributed by atoms with Gasteiger partial charge in [0, 0.05) is 35.4 Å². The first-order valence-electron chi connectivity index (χ1n) is 10.1. The molecule has 7 nitrogen and oxygen atoms in total. The third kappa shape index (κ3) is 3.61. The number of hydrogen-bond acceptors (Lipinski definition) is 4. The second kappa shape index (κ2) is 7.67. The summed E-state index contributed by atoms with van der Waals surface area (Å²) >= 11 is 5.97. The van der Waals surface area contributed by atoms with Crippen molar-refractivity contribution in [1.82, 2.24) is 24.1 Å². The molecule has 31 heavy (non-hydrogen) atoms. The second-order valence-corrected chi connectivity index (χ2v) is 8.13. The van der Waals surface area contributed by atoms with Crippen LogP contribution in [0.5, 0.6) is 0 Å². The predicted molar refractivity (Wildman–Crippen MR) is 118 cm³/mol. The standard InChI is InChI=1S/C23H20ClN5O2/c1-15-12-20(30)29-23(25-22(26-29)17-6-8-19(24)9-7-17)28(15)14-21(31)27-11-10-16-4-2-3-5-18(16)13-27/h2-9,12H,10-11,13-14H2,1H3. The van der Waals surface area contributed by atoms with Crippen LogP contribution in [0.15, 0.2) is 59.4 Å². The first-order chi connectivity index (χ1) is 15.0. The van der Waals surface area contributed by atoms with Crippen molar-refractivity contribution in [2.45, 2.75) is 26.4 Å². The summed E-state index contributed by atoms with van der Waals surface area (Å²) in [5.74, 6) is 0.743. The third-order valence-electron chi connectivity index (χ3n) is 5.68. The number of amides is 1. The number of halogens is 1. The molecule has 0 N–H and O–H groups in total. The number of aromatic nitrogens is 4. The highest BCUT2D eigenvalue weighted by molar-refractivity contribution is 6.30. The first-order valence-corrected chi connectivity index (χ1v) is 10.4.